The summed E-state index contributed by atoms with van der Waals surface area (Å²) in [6, 6.07) is 14.7. The summed E-state index contributed by atoms with van der Waals surface area (Å²) < 4.78 is 0. The van der Waals surface area contributed by atoms with Crippen LogP contribution in [0.25, 0.3) is 11.4 Å². The Balaban J connectivity index is 1.52. The van der Waals surface area contributed by atoms with Crippen molar-refractivity contribution in [1.82, 2.24) is 15.3 Å². The van der Waals surface area contributed by atoms with Crippen LogP contribution >= 0.6 is 11.3 Å². The maximum Gasteiger partial charge on any atom is 0.197 e. The lowest BCUT2D eigenvalue weighted by Crippen LogP contribution is -2.30. The van der Waals surface area contributed by atoms with E-state index in [9.17, 15) is 0 Å². The third kappa shape index (κ3) is 3.78. The molecule has 0 saturated heterocycles. The normalized spacial score (nSPS) is 13.6. The molecule has 0 unspecified atom stereocenters. The molecule has 7 heteroatoms. The Morgan fingerprint density at radius 2 is 1.85 bits per heavy atom. The molecule has 0 spiro atoms. The molecule has 0 atom stereocenters. The van der Waals surface area contributed by atoms with Crippen molar-refractivity contribution in [3.05, 3.63) is 59.0 Å². The minimum atomic E-state index is 0.718. The van der Waals surface area contributed by atoms with Gasteiger partial charge >= 0.3 is 0 Å². The topological polar surface area (TPSA) is 65.4 Å². The summed E-state index contributed by atoms with van der Waals surface area (Å²) in [4.78, 5) is 16.0. The molecule has 27 heavy (non-hydrogen) atoms. The molecule has 0 amide bonds. The van der Waals surface area contributed by atoms with Gasteiger partial charge in [-0.2, -0.15) is 0 Å². The van der Waals surface area contributed by atoms with Gasteiger partial charge in [-0.1, -0.05) is 30.3 Å². The summed E-state index contributed by atoms with van der Waals surface area (Å²) in [5.74, 6) is 1.70. The minimum absolute atomic E-state index is 0.718. The highest BCUT2D eigenvalue weighted by molar-refractivity contribution is 7.14. The molecule has 6 nitrogen and oxygen atoms in total. The van der Waals surface area contributed by atoms with E-state index in [0.29, 0.717) is 0 Å². The molecular formula is C20H22N6S. The van der Waals surface area contributed by atoms with Gasteiger partial charge in [-0.3, -0.25) is 4.99 Å². The van der Waals surface area contributed by atoms with Crippen molar-refractivity contribution in [3.8, 4) is 11.4 Å². The van der Waals surface area contributed by atoms with Gasteiger partial charge in [0.25, 0.3) is 0 Å². The standard InChI is InChI=1S/C20H22N6S/c1-3-22-19(21-2)25-20-24-17(13-27-20)16-9-6-10-18(23-16)26-11-14-7-4-5-8-15(14)12-26/h4-10,13H,3,11-12H2,1-2H3,(H2,21,22,24,25). The summed E-state index contributed by atoms with van der Waals surface area (Å²) in [6.45, 7) is 4.64. The van der Waals surface area contributed by atoms with Gasteiger partial charge in [0, 0.05) is 32.1 Å². The molecule has 1 aliphatic heterocycles. The molecule has 2 aromatic heterocycles. The van der Waals surface area contributed by atoms with E-state index in [-0.39, 0.29) is 0 Å². The number of guanidine groups is 1. The number of pyridine rings is 1. The van der Waals surface area contributed by atoms with Gasteiger partial charge in [0.1, 0.15) is 11.5 Å². The van der Waals surface area contributed by atoms with Crippen molar-refractivity contribution in [2.24, 2.45) is 4.99 Å². The Labute approximate surface area is 163 Å². The highest BCUT2D eigenvalue weighted by atomic mass is 32.1. The Morgan fingerprint density at radius 1 is 1.07 bits per heavy atom. The lowest BCUT2D eigenvalue weighted by Gasteiger charge is -2.16. The lowest BCUT2D eigenvalue weighted by atomic mass is 10.1. The molecule has 1 aliphatic rings. The van der Waals surface area contributed by atoms with Crippen molar-refractivity contribution < 1.29 is 0 Å². The van der Waals surface area contributed by atoms with Gasteiger partial charge in [-0.05, 0) is 30.2 Å². The number of hydrogen-bond acceptors (Lipinski definition) is 5. The SMILES string of the molecule is CCNC(=NC)Nc1nc(-c2cccc(N3Cc4ccccc4C3)n2)cs1. The van der Waals surface area contributed by atoms with Crippen LogP contribution in [0, 0.1) is 0 Å². The van der Waals surface area contributed by atoms with E-state index in [4.69, 9.17) is 4.98 Å². The number of aliphatic imine (C=N–C) groups is 1. The van der Waals surface area contributed by atoms with E-state index in [2.05, 4.69) is 55.8 Å². The van der Waals surface area contributed by atoms with Crippen LogP contribution in [0.5, 0.6) is 0 Å². The quantitative estimate of drug-likeness (QED) is 0.535. The summed E-state index contributed by atoms with van der Waals surface area (Å²) >= 11 is 1.55. The first-order valence-corrected chi connectivity index (χ1v) is 9.87. The molecule has 2 N–H and O–H groups in total. The largest absolute Gasteiger partial charge is 0.356 e. The highest BCUT2D eigenvalue weighted by Gasteiger charge is 2.20. The molecule has 4 rings (SSSR count). The number of fused-ring (bicyclic) bond motifs is 1. The fourth-order valence-electron chi connectivity index (χ4n) is 3.13. The van der Waals surface area contributed by atoms with Crippen LogP contribution in [0.2, 0.25) is 0 Å². The number of hydrogen-bond donors (Lipinski definition) is 2. The molecule has 0 radical (unpaired) electrons. The maximum absolute atomic E-state index is 4.85. The predicted octanol–water partition coefficient (Wildman–Crippen LogP) is 3.73. The van der Waals surface area contributed by atoms with Crippen molar-refractivity contribution in [3.63, 3.8) is 0 Å². The molecule has 0 saturated carbocycles. The van der Waals surface area contributed by atoms with Crippen molar-refractivity contribution >= 4 is 28.2 Å². The Bertz CT molecular complexity index is 939. The average Bonchev–Trinajstić information content (AvgIpc) is 3.34. The van der Waals surface area contributed by atoms with Crippen LogP contribution < -0.4 is 15.5 Å². The minimum Gasteiger partial charge on any atom is -0.356 e. The molecule has 3 heterocycles. The van der Waals surface area contributed by atoms with Crippen LogP contribution in [0.1, 0.15) is 18.1 Å². The number of rotatable bonds is 4. The van der Waals surface area contributed by atoms with Crippen LogP contribution in [0.4, 0.5) is 10.9 Å². The van der Waals surface area contributed by atoms with Gasteiger partial charge in [-0.15, -0.1) is 11.3 Å². The van der Waals surface area contributed by atoms with Crippen LogP contribution in [0.3, 0.4) is 0 Å². The third-order valence-electron chi connectivity index (χ3n) is 4.46. The smallest absolute Gasteiger partial charge is 0.197 e. The zero-order valence-corrected chi connectivity index (χ0v) is 16.3. The van der Waals surface area contributed by atoms with Crippen molar-refractivity contribution in [2.45, 2.75) is 20.0 Å². The van der Waals surface area contributed by atoms with E-state index >= 15 is 0 Å². The van der Waals surface area contributed by atoms with Gasteiger partial charge in [0.15, 0.2) is 11.1 Å². The molecule has 0 bridgehead atoms. The van der Waals surface area contributed by atoms with Crippen LogP contribution in [-0.2, 0) is 13.1 Å². The van der Waals surface area contributed by atoms with Gasteiger partial charge in [0.2, 0.25) is 0 Å². The van der Waals surface area contributed by atoms with Crippen molar-refractivity contribution in [2.75, 3.05) is 23.8 Å². The first-order chi connectivity index (χ1) is 13.3. The fraction of sp³-hybridized carbons (Fsp3) is 0.250. The van der Waals surface area contributed by atoms with E-state index in [1.165, 1.54) is 11.1 Å². The molecule has 0 fully saturated rings. The number of benzene rings is 1. The second-order valence-electron chi connectivity index (χ2n) is 6.27. The Kier molecular flexibility index (Phi) is 5.02. The summed E-state index contributed by atoms with van der Waals surface area (Å²) in [6.07, 6.45) is 0. The lowest BCUT2D eigenvalue weighted by molar-refractivity contribution is 0.857. The Hall–Kier alpha value is -2.93. The molecular weight excluding hydrogens is 356 g/mol. The number of nitrogens with one attached hydrogen (secondary N) is 2. The Morgan fingerprint density at radius 3 is 2.56 bits per heavy atom. The summed E-state index contributed by atoms with van der Waals surface area (Å²) in [7, 11) is 1.75. The molecule has 3 aromatic rings. The van der Waals surface area contributed by atoms with E-state index in [0.717, 1.165) is 47.9 Å². The molecule has 138 valence electrons. The first-order valence-electron chi connectivity index (χ1n) is 8.99. The van der Waals surface area contributed by atoms with Crippen LogP contribution in [-0.4, -0.2) is 29.5 Å². The van der Waals surface area contributed by atoms with E-state index < -0.39 is 0 Å². The average molecular weight is 379 g/mol. The predicted molar refractivity (Wildman–Crippen MR) is 112 cm³/mol. The van der Waals surface area contributed by atoms with Gasteiger partial charge < -0.3 is 15.5 Å². The summed E-state index contributed by atoms with van der Waals surface area (Å²) in [5.41, 5.74) is 4.50. The van der Waals surface area contributed by atoms with Gasteiger partial charge in [0.05, 0.1) is 5.69 Å². The second-order valence-corrected chi connectivity index (χ2v) is 7.13. The van der Waals surface area contributed by atoms with E-state index in [1.807, 2.05) is 24.4 Å². The van der Waals surface area contributed by atoms with Crippen LogP contribution in [0.15, 0.2) is 52.8 Å². The summed E-state index contributed by atoms with van der Waals surface area (Å²) in [5, 5.41) is 9.20. The second kappa shape index (κ2) is 7.75. The first kappa shape index (κ1) is 17.5. The highest BCUT2D eigenvalue weighted by Crippen LogP contribution is 2.29. The molecule has 0 aliphatic carbocycles. The number of aromatic nitrogens is 2. The zero-order valence-electron chi connectivity index (χ0n) is 15.4. The zero-order chi connectivity index (χ0) is 18.6. The monoisotopic (exact) mass is 378 g/mol. The van der Waals surface area contributed by atoms with Gasteiger partial charge in [-0.25, -0.2) is 9.97 Å². The number of nitrogens with zero attached hydrogens (tertiary/aromatic N) is 4. The fourth-order valence-corrected chi connectivity index (χ4v) is 3.84. The number of thiazole rings is 1. The van der Waals surface area contributed by atoms with E-state index in [1.54, 1.807) is 18.4 Å². The maximum atomic E-state index is 4.85. The number of anilines is 2. The van der Waals surface area contributed by atoms with Crippen molar-refractivity contribution in [1.29, 1.82) is 0 Å². The molecule has 1 aromatic carbocycles. The third-order valence-corrected chi connectivity index (χ3v) is 5.22.